The Kier molecular flexibility index (Phi) is 5.12. The Bertz CT molecular complexity index is 516. The summed E-state index contributed by atoms with van der Waals surface area (Å²) >= 11 is 1.57. The molecule has 0 spiro atoms. The normalized spacial score (nSPS) is 21.0. The van der Waals surface area contributed by atoms with Gasteiger partial charge in [0.1, 0.15) is 11.8 Å². The summed E-state index contributed by atoms with van der Waals surface area (Å²) in [6.07, 6.45) is 0.552. The molecule has 1 aliphatic heterocycles. The predicted molar refractivity (Wildman–Crippen MR) is 83.3 cm³/mol. The Labute approximate surface area is 129 Å². The predicted octanol–water partition coefficient (Wildman–Crippen LogP) is 1.27. The summed E-state index contributed by atoms with van der Waals surface area (Å²) in [5, 5.41) is 2.60. The number of amides is 2. The lowest BCUT2D eigenvalue weighted by Gasteiger charge is -2.15. The van der Waals surface area contributed by atoms with E-state index in [1.165, 1.54) is 4.90 Å². The van der Waals surface area contributed by atoms with Gasteiger partial charge in [0, 0.05) is 19.8 Å². The number of nitrogens with one attached hydrogen (secondary N) is 1. The van der Waals surface area contributed by atoms with Crippen molar-refractivity contribution in [2.45, 2.75) is 23.5 Å². The molecule has 2 rings (SSSR count). The Morgan fingerprint density at radius 3 is 2.62 bits per heavy atom. The van der Waals surface area contributed by atoms with Gasteiger partial charge in [-0.25, -0.2) is 0 Å². The highest BCUT2D eigenvalue weighted by atomic mass is 32.2. The van der Waals surface area contributed by atoms with E-state index in [1.54, 1.807) is 33.0 Å². The Morgan fingerprint density at radius 2 is 2.05 bits per heavy atom. The monoisotopic (exact) mass is 308 g/mol. The molecule has 1 N–H and O–H groups in total. The first-order valence-electron chi connectivity index (χ1n) is 6.77. The quantitative estimate of drug-likeness (QED) is 0.890. The van der Waals surface area contributed by atoms with E-state index < -0.39 is 0 Å². The van der Waals surface area contributed by atoms with Crippen LogP contribution in [0.25, 0.3) is 0 Å². The van der Waals surface area contributed by atoms with Crippen molar-refractivity contribution >= 4 is 23.6 Å². The summed E-state index contributed by atoms with van der Waals surface area (Å²) in [7, 11) is 5.03. The summed E-state index contributed by atoms with van der Waals surface area (Å²) in [5.41, 5.74) is 1.14. The molecule has 1 saturated heterocycles. The molecule has 114 valence electrons. The van der Waals surface area contributed by atoms with Crippen LogP contribution in [0.4, 0.5) is 0 Å². The minimum atomic E-state index is -0.388. The highest BCUT2D eigenvalue weighted by molar-refractivity contribution is 7.99. The second-order valence-electron chi connectivity index (χ2n) is 5.18. The largest absolute Gasteiger partial charge is 0.497 e. The third-order valence-corrected chi connectivity index (χ3v) is 4.72. The van der Waals surface area contributed by atoms with Crippen LogP contribution in [0.15, 0.2) is 24.3 Å². The van der Waals surface area contributed by atoms with Gasteiger partial charge in [0.25, 0.3) is 0 Å². The van der Waals surface area contributed by atoms with E-state index in [0.29, 0.717) is 6.42 Å². The summed E-state index contributed by atoms with van der Waals surface area (Å²) in [5.74, 6) is 1.47. The van der Waals surface area contributed by atoms with E-state index in [1.807, 2.05) is 24.3 Å². The van der Waals surface area contributed by atoms with E-state index in [4.69, 9.17) is 4.74 Å². The van der Waals surface area contributed by atoms with Gasteiger partial charge in [0.05, 0.1) is 12.4 Å². The number of ether oxygens (including phenoxy) is 1. The van der Waals surface area contributed by atoms with Gasteiger partial charge in [-0.15, -0.1) is 11.8 Å². The molecule has 0 radical (unpaired) electrons. The van der Waals surface area contributed by atoms with Crippen LogP contribution in [0, 0.1) is 0 Å². The molecule has 5 nitrogen and oxygen atoms in total. The van der Waals surface area contributed by atoms with Crippen molar-refractivity contribution in [3.05, 3.63) is 29.8 Å². The van der Waals surface area contributed by atoms with Gasteiger partial charge in [0.2, 0.25) is 11.8 Å². The van der Waals surface area contributed by atoms with E-state index in [0.717, 1.165) is 17.1 Å². The van der Waals surface area contributed by atoms with Crippen molar-refractivity contribution in [3.8, 4) is 5.75 Å². The second-order valence-corrected chi connectivity index (χ2v) is 6.37. The lowest BCUT2D eigenvalue weighted by molar-refractivity contribution is -0.132. The molecule has 0 aliphatic carbocycles. The third-order valence-electron chi connectivity index (χ3n) is 3.41. The van der Waals surface area contributed by atoms with Crippen molar-refractivity contribution in [1.29, 1.82) is 0 Å². The highest BCUT2D eigenvalue weighted by Crippen LogP contribution is 2.27. The smallest absolute Gasteiger partial charge is 0.244 e. The average molecular weight is 308 g/mol. The van der Waals surface area contributed by atoms with Crippen molar-refractivity contribution in [3.63, 3.8) is 0 Å². The van der Waals surface area contributed by atoms with Crippen LogP contribution in [-0.4, -0.2) is 49.2 Å². The van der Waals surface area contributed by atoms with Gasteiger partial charge in [-0.3, -0.25) is 9.59 Å². The maximum Gasteiger partial charge on any atom is 0.244 e. The molecular weight excluding hydrogens is 288 g/mol. The van der Waals surface area contributed by atoms with E-state index in [2.05, 4.69) is 5.32 Å². The van der Waals surface area contributed by atoms with Crippen molar-refractivity contribution in [2.75, 3.05) is 21.2 Å². The third kappa shape index (κ3) is 3.91. The maximum atomic E-state index is 11.9. The van der Waals surface area contributed by atoms with E-state index in [-0.39, 0.29) is 23.1 Å². The number of nitrogens with zero attached hydrogens (tertiary/aromatic N) is 1. The van der Waals surface area contributed by atoms with Crippen LogP contribution < -0.4 is 10.1 Å². The molecule has 1 fully saturated rings. The highest BCUT2D eigenvalue weighted by Gasteiger charge is 2.36. The van der Waals surface area contributed by atoms with Crippen LogP contribution in [0.5, 0.6) is 5.75 Å². The minimum absolute atomic E-state index is 0.0455. The number of likely N-dealkylation sites (N-methyl/N-ethyl adjacent to an activating group) is 1. The molecule has 0 bridgehead atoms. The van der Waals surface area contributed by atoms with E-state index >= 15 is 0 Å². The van der Waals surface area contributed by atoms with Crippen LogP contribution in [0.2, 0.25) is 0 Å². The zero-order valence-corrected chi connectivity index (χ0v) is 13.3. The zero-order chi connectivity index (χ0) is 15.4. The topological polar surface area (TPSA) is 58.6 Å². The first kappa shape index (κ1) is 15.7. The molecule has 1 aliphatic rings. The number of benzene rings is 1. The molecule has 1 aromatic rings. The van der Waals surface area contributed by atoms with Gasteiger partial charge in [-0.1, -0.05) is 12.1 Å². The fourth-order valence-corrected chi connectivity index (χ4v) is 3.32. The number of hydrogen-bond acceptors (Lipinski definition) is 4. The molecule has 2 amide bonds. The number of carbonyl (C=O) groups is 2. The molecule has 1 aromatic carbocycles. The lowest BCUT2D eigenvalue weighted by atomic mass is 10.2. The second kappa shape index (κ2) is 6.85. The Hall–Kier alpha value is -1.69. The number of thioether (sulfide) groups is 1. The number of methoxy groups -OCH3 is 1. The number of hydrogen-bond donors (Lipinski definition) is 1. The van der Waals surface area contributed by atoms with Gasteiger partial charge in [0.15, 0.2) is 0 Å². The van der Waals surface area contributed by atoms with Gasteiger partial charge in [-0.2, -0.15) is 0 Å². The summed E-state index contributed by atoms with van der Waals surface area (Å²) in [4.78, 5) is 25.3. The Morgan fingerprint density at radius 1 is 1.38 bits per heavy atom. The van der Waals surface area contributed by atoms with Crippen LogP contribution >= 0.6 is 11.8 Å². The molecule has 0 aromatic heterocycles. The van der Waals surface area contributed by atoms with Gasteiger partial charge >= 0.3 is 0 Å². The average Bonchev–Trinajstić information content (AvgIpc) is 2.85. The first-order valence-corrected chi connectivity index (χ1v) is 7.82. The summed E-state index contributed by atoms with van der Waals surface area (Å²) < 4.78 is 5.11. The summed E-state index contributed by atoms with van der Waals surface area (Å²) in [6.45, 7) is 0. The Balaban J connectivity index is 1.88. The summed E-state index contributed by atoms with van der Waals surface area (Å²) in [6, 6.07) is 7.40. The van der Waals surface area contributed by atoms with Gasteiger partial charge in [-0.05, 0) is 24.1 Å². The lowest BCUT2D eigenvalue weighted by Crippen LogP contribution is -2.40. The maximum absolute atomic E-state index is 11.9. The van der Waals surface area contributed by atoms with Crippen molar-refractivity contribution in [2.24, 2.45) is 0 Å². The van der Waals surface area contributed by atoms with Crippen LogP contribution in [0.1, 0.15) is 12.0 Å². The molecular formula is C15H20N2O3S. The number of rotatable bonds is 5. The molecule has 0 saturated carbocycles. The van der Waals surface area contributed by atoms with E-state index in [9.17, 15) is 9.59 Å². The standard InChI is InChI=1S/C15H20N2O3S/c1-17(2)15(19)12-8-13(14(18)16-12)21-9-10-4-6-11(20-3)7-5-10/h4-7,12-13H,8-9H2,1-3H3,(H,16,18)/t12-,13-/m0/s1. The zero-order valence-electron chi connectivity index (χ0n) is 12.5. The fraction of sp³-hybridized carbons (Fsp3) is 0.467. The molecule has 6 heteroatoms. The van der Waals surface area contributed by atoms with Crippen LogP contribution in [0.3, 0.4) is 0 Å². The SMILES string of the molecule is COc1ccc(CS[C@H]2C[C@@H](C(=O)N(C)C)NC2=O)cc1. The molecule has 21 heavy (non-hydrogen) atoms. The first-order chi connectivity index (χ1) is 10.0. The molecule has 0 unspecified atom stereocenters. The van der Waals surface area contributed by atoms with Crippen LogP contribution in [-0.2, 0) is 15.3 Å². The molecule has 1 heterocycles. The molecule has 2 atom stereocenters. The fourth-order valence-electron chi connectivity index (χ4n) is 2.18. The van der Waals surface area contributed by atoms with Crippen molar-refractivity contribution < 1.29 is 14.3 Å². The minimum Gasteiger partial charge on any atom is -0.497 e. The number of carbonyl (C=O) groups excluding carboxylic acids is 2. The van der Waals surface area contributed by atoms with Crippen molar-refractivity contribution in [1.82, 2.24) is 10.2 Å². The van der Waals surface area contributed by atoms with Gasteiger partial charge < -0.3 is 15.0 Å².